The molecule has 1 aliphatic heterocycles. The van der Waals surface area contributed by atoms with Crippen molar-refractivity contribution in [3.05, 3.63) is 29.1 Å². The van der Waals surface area contributed by atoms with Gasteiger partial charge in [0.25, 0.3) is 0 Å². The van der Waals surface area contributed by atoms with Gasteiger partial charge in [0.05, 0.1) is 11.7 Å². The molecule has 3 rings (SSSR count). The van der Waals surface area contributed by atoms with Gasteiger partial charge in [-0.25, -0.2) is 9.67 Å². The van der Waals surface area contributed by atoms with Gasteiger partial charge in [-0.15, -0.1) is 0 Å². The Morgan fingerprint density at radius 2 is 1.96 bits per heavy atom. The van der Waals surface area contributed by atoms with Gasteiger partial charge in [0.1, 0.15) is 12.6 Å². The summed E-state index contributed by atoms with van der Waals surface area (Å²) in [5.74, 6) is 1.75. The van der Waals surface area contributed by atoms with Gasteiger partial charge in [0.15, 0.2) is 11.6 Å². The number of piperidine rings is 1. The van der Waals surface area contributed by atoms with Crippen molar-refractivity contribution in [3.63, 3.8) is 0 Å². The highest BCUT2D eigenvalue weighted by atomic mass is 16.5. The molecule has 0 amide bonds. The van der Waals surface area contributed by atoms with Crippen LogP contribution in [-0.4, -0.2) is 56.2 Å². The van der Waals surface area contributed by atoms with Gasteiger partial charge < -0.3 is 9.64 Å². The van der Waals surface area contributed by atoms with Crippen LogP contribution >= 0.6 is 0 Å². The normalized spacial score (nSPS) is 18.0. The summed E-state index contributed by atoms with van der Waals surface area (Å²) in [7, 11) is 2.18. The smallest absolute Gasteiger partial charge is 0.176 e. The minimum atomic E-state index is 0.0521. The Labute approximate surface area is 150 Å². The Kier molecular flexibility index (Phi) is 5.54. The van der Waals surface area contributed by atoms with E-state index < -0.39 is 0 Å². The monoisotopic (exact) mass is 346 g/mol. The first-order valence-corrected chi connectivity index (χ1v) is 9.24. The van der Waals surface area contributed by atoms with E-state index in [1.165, 1.54) is 0 Å². The summed E-state index contributed by atoms with van der Waals surface area (Å²) in [6, 6.07) is 2.55. The Balaban J connectivity index is 1.92. The number of rotatable bonds is 6. The Bertz CT molecular complexity index is 698. The maximum absolute atomic E-state index is 5.54. The lowest BCUT2D eigenvalue weighted by Crippen LogP contribution is -2.33. The van der Waals surface area contributed by atoms with Crippen LogP contribution in [0.15, 0.2) is 6.07 Å². The molecule has 2 aromatic heterocycles. The fourth-order valence-electron chi connectivity index (χ4n) is 3.58. The van der Waals surface area contributed by atoms with Crippen molar-refractivity contribution in [2.24, 2.45) is 0 Å². The molecule has 0 spiro atoms. The summed E-state index contributed by atoms with van der Waals surface area (Å²) in [6.45, 7) is 11.6. The molecule has 0 radical (unpaired) electrons. The molecule has 0 aromatic carbocycles. The van der Waals surface area contributed by atoms with Gasteiger partial charge in [0.2, 0.25) is 0 Å². The lowest BCUT2D eigenvalue weighted by atomic mass is 10.1. The number of hydrogen-bond donors (Lipinski definition) is 0. The first-order chi connectivity index (χ1) is 12.0. The number of aromatic nitrogens is 5. The van der Waals surface area contributed by atoms with Crippen molar-refractivity contribution in [3.8, 4) is 0 Å². The first kappa shape index (κ1) is 18.1. The Hall–Kier alpha value is -1.73. The predicted molar refractivity (Wildman–Crippen MR) is 96.6 cm³/mol. The highest BCUT2D eigenvalue weighted by Crippen LogP contribution is 2.27. The van der Waals surface area contributed by atoms with Gasteiger partial charge in [0, 0.05) is 12.3 Å². The molecular formula is C18H30N6O. The van der Waals surface area contributed by atoms with Crippen molar-refractivity contribution in [1.82, 2.24) is 29.4 Å². The lowest BCUT2D eigenvalue weighted by molar-refractivity contribution is 0.127. The zero-order valence-electron chi connectivity index (χ0n) is 16.1. The molecular weight excluding hydrogens is 316 g/mol. The van der Waals surface area contributed by atoms with Gasteiger partial charge in [-0.1, -0.05) is 0 Å². The molecule has 1 atom stereocenters. The number of hydrogen-bond acceptors (Lipinski definition) is 5. The van der Waals surface area contributed by atoms with Gasteiger partial charge >= 0.3 is 0 Å². The fraction of sp³-hybridized carbons (Fsp3) is 0.722. The fourth-order valence-corrected chi connectivity index (χ4v) is 3.58. The molecule has 0 unspecified atom stereocenters. The van der Waals surface area contributed by atoms with E-state index in [9.17, 15) is 0 Å². The molecule has 0 N–H and O–H groups in total. The van der Waals surface area contributed by atoms with E-state index in [1.807, 2.05) is 13.8 Å². The van der Waals surface area contributed by atoms with Crippen molar-refractivity contribution >= 4 is 0 Å². The quantitative estimate of drug-likeness (QED) is 0.804. The maximum Gasteiger partial charge on any atom is 0.176 e. The highest BCUT2D eigenvalue weighted by Gasteiger charge is 2.27. The number of nitrogens with zero attached hydrogens (tertiary/aromatic N) is 6. The Morgan fingerprint density at radius 3 is 2.56 bits per heavy atom. The second-order valence-corrected chi connectivity index (χ2v) is 7.05. The van der Waals surface area contributed by atoms with Crippen molar-refractivity contribution < 1.29 is 4.74 Å². The van der Waals surface area contributed by atoms with Gasteiger partial charge in [-0.2, -0.15) is 10.2 Å². The standard InChI is InChI=1S/C18H30N6O/c1-6-25-12-17-19-18(15(4)23-14(3)11-13(2)20-23)24(21-17)16-7-9-22(5)10-8-16/h11,15-16H,6-10,12H2,1-5H3/t15-/m1/s1. The van der Waals surface area contributed by atoms with E-state index in [4.69, 9.17) is 14.8 Å². The van der Waals surface area contributed by atoms with Crippen LogP contribution in [0.2, 0.25) is 0 Å². The largest absolute Gasteiger partial charge is 0.374 e. The minimum absolute atomic E-state index is 0.0521. The molecule has 1 saturated heterocycles. The average Bonchev–Trinajstić information content (AvgIpc) is 3.16. The second kappa shape index (κ2) is 7.66. The Morgan fingerprint density at radius 1 is 1.24 bits per heavy atom. The molecule has 7 heteroatoms. The summed E-state index contributed by atoms with van der Waals surface area (Å²) >= 11 is 0. The third-order valence-electron chi connectivity index (χ3n) is 4.96. The molecule has 0 aliphatic carbocycles. The molecule has 1 fully saturated rings. The van der Waals surface area contributed by atoms with Gasteiger partial charge in [-0.05, 0) is 66.7 Å². The van der Waals surface area contributed by atoms with Crippen LogP contribution in [0, 0.1) is 13.8 Å². The third-order valence-corrected chi connectivity index (χ3v) is 4.96. The van der Waals surface area contributed by atoms with Crippen LogP contribution in [0.25, 0.3) is 0 Å². The number of aryl methyl sites for hydroxylation is 2. The topological polar surface area (TPSA) is 61.0 Å². The minimum Gasteiger partial charge on any atom is -0.374 e. The van der Waals surface area contributed by atoms with Crippen LogP contribution in [-0.2, 0) is 11.3 Å². The summed E-state index contributed by atoms with van der Waals surface area (Å²) in [5, 5.41) is 9.45. The van der Waals surface area contributed by atoms with E-state index in [2.05, 4.69) is 46.3 Å². The maximum atomic E-state index is 5.54. The predicted octanol–water partition coefficient (Wildman–Crippen LogP) is 2.50. The summed E-state index contributed by atoms with van der Waals surface area (Å²) in [6.07, 6.45) is 2.20. The van der Waals surface area contributed by atoms with E-state index in [1.54, 1.807) is 0 Å². The molecule has 2 aromatic rings. The van der Waals surface area contributed by atoms with Crippen LogP contribution in [0.1, 0.15) is 61.8 Å². The molecule has 1 aliphatic rings. The molecule has 0 bridgehead atoms. The number of ether oxygens (including phenoxy) is 1. The van der Waals surface area contributed by atoms with E-state index in [0.717, 1.165) is 49.0 Å². The average molecular weight is 346 g/mol. The molecule has 0 saturated carbocycles. The van der Waals surface area contributed by atoms with E-state index >= 15 is 0 Å². The second-order valence-electron chi connectivity index (χ2n) is 7.05. The van der Waals surface area contributed by atoms with Crippen molar-refractivity contribution in [2.45, 2.75) is 59.2 Å². The van der Waals surface area contributed by atoms with Crippen LogP contribution in [0.5, 0.6) is 0 Å². The summed E-state index contributed by atoms with van der Waals surface area (Å²) in [5.41, 5.74) is 2.18. The van der Waals surface area contributed by atoms with E-state index in [-0.39, 0.29) is 6.04 Å². The van der Waals surface area contributed by atoms with Crippen LogP contribution in [0.3, 0.4) is 0 Å². The van der Waals surface area contributed by atoms with Crippen molar-refractivity contribution in [1.29, 1.82) is 0 Å². The SMILES string of the molecule is CCOCc1nc([C@@H](C)n2nc(C)cc2C)n(C2CCN(C)CC2)n1. The zero-order valence-corrected chi connectivity index (χ0v) is 16.1. The molecule has 138 valence electrons. The van der Waals surface area contributed by atoms with Crippen LogP contribution in [0.4, 0.5) is 0 Å². The zero-order chi connectivity index (χ0) is 18.0. The summed E-state index contributed by atoms with van der Waals surface area (Å²) < 4.78 is 9.73. The lowest BCUT2D eigenvalue weighted by Gasteiger charge is -2.30. The third kappa shape index (κ3) is 3.93. The first-order valence-electron chi connectivity index (χ1n) is 9.24. The number of likely N-dealkylation sites (tertiary alicyclic amines) is 1. The van der Waals surface area contributed by atoms with E-state index in [0.29, 0.717) is 19.3 Å². The highest BCUT2D eigenvalue weighted by molar-refractivity contribution is 5.11. The summed E-state index contributed by atoms with van der Waals surface area (Å²) in [4.78, 5) is 7.19. The molecule has 3 heterocycles. The molecule has 25 heavy (non-hydrogen) atoms. The van der Waals surface area contributed by atoms with Crippen molar-refractivity contribution in [2.75, 3.05) is 26.7 Å². The van der Waals surface area contributed by atoms with Crippen LogP contribution < -0.4 is 0 Å². The molecule has 7 nitrogen and oxygen atoms in total. The van der Waals surface area contributed by atoms with Gasteiger partial charge in [-0.3, -0.25) is 4.68 Å².